The van der Waals surface area contributed by atoms with Crippen molar-refractivity contribution < 1.29 is 14.7 Å². The smallest absolute Gasteiger partial charge is 0.326 e. The molecule has 2 unspecified atom stereocenters. The van der Waals surface area contributed by atoms with Crippen LogP contribution in [0.5, 0.6) is 0 Å². The molecule has 0 bridgehead atoms. The molecule has 0 aliphatic carbocycles. The summed E-state index contributed by atoms with van der Waals surface area (Å²) in [4.78, 5) is 46.3. The Balaban J connectivity index is 1.90. The molecule has 0 aliphatic rings. The highest BCUT2D eigenvalue weighted by Gasteiger charge is 2.27. The van der Waals surface area contributed by atoms with Crippen LogP contribution >= 0.6 is 0 Å². The number of aromatic nitrogens is 2. The van der Waals surface area contributed by atoms with Crippen LogP contribution in [0.15, 0.2) is 70.7 Å². The van der Waals surface area contributed by atoms with E-state index >= 15 is 0 Å². The second kappa shape index (κ2) is 10.9. The number of carbonyl (C=O) groups excluding carboxylic acids is 1. The summed E-state index contributed by atoms with van der Waals surface area (Å²) in [6, 6.07) is 13.9. The van der Waals surface area contributed by atoms with Crippen molar-refractivity contribution in [1.82, 2.24) is 14.9 Å². The van der Waals surface area contributed by atoms with Gasteiger partial charge >= 0.3 is 5.97 Å². The first-order valence-electron chi connectivity index (χ1n) is 10.4. The molecule has 0 spiro atoms. The molecule has 1 amide bonds. The van der Waals surface area contributed by atoms with Gasteiger partial charge in [-0.1, -0.05) is 42.5 Å². The topological polar surface area (TPSA) is 166 Å². The van der Waals surface area contributed by atoms with Crippen LogP contribution in [0.4, 0.5) is 0 Å². The Morgan fingerprint density at radius 2 is 1.79 bits per heavy atom. The number of nitrogens with two attached hydrogens (primary N) is 2. The van der Waals surface area contributed by atoms with Crippen molar-refractivity contribution in [3.05, 3.63) is 76.8 Å². The van der Waals surface area contributed by atoms with Gasteiger partial charge in [-0.2, -0.15) is 0 Å². The first kappa shape index (κ1) is 23.5. The molecular weight excluding hydrogens is 424 g/mol. The van der Waals surface area contributed by atoms with Gasteiger partial charge in [0.2, 0.25) is 5.91 Å². The summed E-state index contributed by atoms with van der Waals surface area (Å²) >= 11 is 0. The molecule has 6 N–H and O–H groups in total. The van der Waals surface area contributed by atoms with Crippen molar-refractivity contribution in [2.24, 2.45) is 16.5 Å². The minimum atomic E-state index is -1.18. The zero-order valence-corrected chi connectivity index (χ0v) is 17.9. The van der Waals surface area contributed by atoms with Crippen molar-refractivity contribution in [2.45, 2.75) is 31.3 Å². The largest absolute Gasteiger partial charge is 0.480 e. The third kappa shape index (κ3) is 6.16. The van der Waals surface area contributed by atoms with Gasteiger partial charge in [-0.3, -0.25) is 19.1 Å². The number of fused-ring (bicyclic) bond motifs is 1. The normalized spacial score (nSPS) is 12.6. The summed E-state index contributed by atoms with van der Waals surface area (Å²) in [6.45, 7) is 0.240. The fourth-order valence-corrected chi connectivity index (χ4v) is 3.49. The average molecular weight is 450 g/mol. The highest BCUT2D eigenvalue weighted by Crippen LogP contribution is 2.16. The monoisotopic (exact) mass is 450 g/mol. The van der Waals surface area contributed by atoms with E-state index in [1.54, 1.807) is 24.3 Å². The Bertz CT molecular complexity index is 1200. The Morgan fingerprint density at radius 3 is 2.48 bits per heavy atom. The summed E-state index contributed by atoms with van der Waals surface area (Å²) in [5.41, 5.74) is 11.5. The molecule has 0 aliphatic heterocycles. The number of hydrogen-bond acceptors (Lipinski definition) is 5. The van der Waals surface area contributed by atoms with E-state index < -0.39 is 24.0 Å². The fourth-order valence-electron chi connectivity index (χ4n) is 3.49. The van der Waals surface area contributed by atoms with Crippen LogP contribution in [0.3, 0.4) is 0 Å². The molecule has 0 saturated carbocycles. The van der Waals surface area contributed by atoms with E-state index in [0.717, 1.165) is 5.56 Å². The molecule has 0 saturated heterocycles. The van der Waals surface area contributed by atoms with E-state index in [0.29, 0.717) is 17.3 Å². The highest BCUT2D eigenvalue weighted by atomic mass is 16.4. The lowest BCUT2D eigenvalue weighted by atomic mass is 10.0. The molecule has 0 fully saturated rings. The Kier molecular flexibility index (Phi) is 7.74. The standard InChI is InChI=1S/C23H26N6O4/c24-23(25)26-12-6-11-18(22(32)33)28-20(30)19(13-15-7-2-1-3-8-15)29-14-27-17-10-5-4-9-16(17)21(29)31/h1-5,7-10,14,18-19H,6,11-13H2,(H,28,30)(H,32,33)(H4,24,25,26). The molecule has 10 heteroatoms. The zero-order valence-electron chi connectivity index (χ0n) is 17.9. The number of rotatable bonds is 10. The van der Waals surface area contributed by atoms with E-state index in [-0.39, 0.29) is 30.9 Å². The minimum Gasteiger partial charge on any atom is -0.480 e. The maximum absolute atomic E-state index is 13.3. The fraction of sp³-hybridized carbons (Fsp3) is 0.261. The molecule has 3 aromatic rings. The number of aliphatic carboxylic acids is 1. The Hall–Kier alpha value is -4.21. The first-order valence-corrected chi connectivity index (χ1v) is 10.4. The van der Waals surface area contributed by atoms with Crippen LogP contribution in [0, 0.1) is 0 Å². The van der Waals surface area contributed by atoms with Crippen molar-refractivity contribution in [3.8, 4) is 0 Å². The Labute approximate surface area is 190 Å². The summed E-state index contributed by atoms with van der Waals surface area (Å²) < 4.78 is 1.25. The number of amides is 1. The van der Waals surface area contributed by atoms with Crippen LogP contribution in [0.1, 0.15) is 24.4 Å². The molecule has 3 rings (SSSR count). The number of guanidine groups is 1. The van der Waals surface area contributed by atoms with Gasteiger partial charge in [0.05, 0.1) is 17.2 Å². The van der Waals surface area contributed by atoms with Crippen LogP contribution in [0.2, 0.25) is 0 Å². The van der Waals surface area contributed by atoms with Crippen molar-refractivity contribution >= 4 is 28.7 Å². The molecule has 0 radical (unpaired) electrons. The summed E-state index contributed by atoms with van der Waals surface area (Å²) in [6.07, 6.45) is 2.00. The molecule has 1 heterocycles. The molecule has 2 aromatic carbocycles. The van der Waals surface area contributed by atoms with Gasteiger partial charge in [0.25, 0.3) is 5.56 Å². The molecule has 10 nitrogen and oxygen atoms in total. The number of carboxylic acid groups (broad SMARTS) is 1. The summed E-state index contributed by atoms with van der Waals surface area (Å²) in [5.74, 6) is -1.86. The van der Waals surface area contributed by atoms with Crippen LogP contribution in [-0.4, -0.2) is 45.1 Å². The van der Waals surface area contributed by atoms with E-state index in [1.807, 2.05) is 30.3 Å². The minimum absolute atomic E-state index is 0.0861. The lowest BCUT2D eigenvalue weighted by Gasteiger charge is -2.22. The predicted molar refractivity (Wildman–Crippen MR) is 125 cm³/mol. The number of carbonyl (C=O) groups is 2. The molecule has 172 valence electrons. The zero-order chi connectivity index (χ0) is 23.8. The second-order valence-corrected chi connectivity index (χ2v) is 7.53. The lowest BCUT2D eigenvalue weighted by molar-refractivity contribution is -0.142. The molecular formula is C23H26N6O4. The SMILES string of the molecule is NC(N)=NCCCC(NC(=O)C(Cc1ccccc1)n1cnc2ccccc2c1=O)C(=O)O. The molecule has 1 aromatic heterocycles. The van der Waals surface area contributed by atoms with Gasteiger partial charge < -0.3 is 21.9 Å². The van der Waals surface area contributed by atoms with Gasteiger partial charge in [0, 0.05) is 13.0 Å². The summed E-state index contributed by atoms with van der Waals surface area (Å²) in [7, 11) is 0. The quantitative estimate of drug-likeness (QED) is 0.201. The van der Waals surface area contributed by atoms with Crippen LogP contribution in [-0.2, 0) is 16.0 Å². The average Bonchev–Trinajstić information content (AvgIpc) is 2.80. The number of nitrogens with one attached hydrogen (secondary N) is 1. The van der Waals surface area contributed by atoms with Crippen molar-refractivity contribution in [3.63, 3.8) is 0 Å². The number of benzene rings is 2. The van der Waals surface area contributed by atoms with E-state index in [9.17, 15) is 19.5 Å². The number of nitrogens with zero attached hydrogens (tertiary/aromatic N) is 3. The summed E-state index contributed by atoms with van der Waals surface area (Å²) in [5, 5.41) is 12.5. The third-order valence-electron chi connectivity index (χ3n) is 5.16. The maximum atomic E-state index is 13.3. The highest BCUT2D eigenvalue weighted by molar-refractivity contribution is 5.86. The van der Waals surface area contributed by atoms with E-state index in [4.69, 9.17) is 11.5 Å². The number of aliphatic imine (C=N–C) groups is 1. The van der Waals surface area contributed by atoms with Crippen molar-refractivity contribution in [2.75, 3.05) is 6.54 Å². The maximum Gasteiger partial charge on any atom is 0.326 e. The molecule has 33 heavy (non-hydrogen) atoms. The number of para-hydroxylation sites is 1. The van der Waals surface area contributed by atoms with Gasteiger partial charge in [-0.05, 0) is 30.5 Å². The van der Waals surface area contributed by atoms with Crippen LogP contribution in [0.25, 0.3) is 10.9 Å². The third-order valence-corrected chi connectivity index (χ3v) is 5.16. The lowest BCUT2D eigenvalue weighted by Crippen LogP contribution is -2.46. The van der Waals surface area contributed by atoms with Crippen LogP contribution < -0.4 is 22.3 Å². The van der Waals surface area contributed by atoms with E-state index in [2.05, 4.69) is 15.3 Å². The van der Waals surface area contributed by atoms with Gasteiger partial charge in [0.1, 0.15) is 12.1 Å². The first-order chi connectivity index (χ1) is 15.9. The van der Waals surface area contributed by atoms with E-state index in [1.165, 1.54) is 10.9 Å². The van der Waals surface area contributed by atoms with Gasteiger partial charge in [-0.25, -0.2) is 9.78 Å². The predicted octanol–water partition coefficient (Wildman–Crippen LogP) is 0.803. The number of carboxylic acids is 1. The van der Waals surface area contributed by atoms with Gasteiger partial charge in [-0.15, -0.1) is 0 Å². The second-order valence-electron chi connectivity index (χ2n) is 7.53. The molecule has 2 atom stereocenters. The van der Waals surface area contributed by atoms with Crippen molar-refractivity contribution in [1.29, 1.82) is 0 Å². The number of hydrogen-bond donors (Lipinski definition) is 4. The Morgan fingerprint density at radius 1 is 1.09 bits per heavy atom. The van der Waals surface area contributed by atoms with Gasteiger partial charge in [0.15, 0.2) is 5.96 Å².